The second-order valence-corrected chi connectivity index (χ2v) is 7.61. The van der Waals surface area contributed by atoms with Crippen LogP contribution < -0.4 is 10.6 Å². The van der Waals surface area contributed by atoms with Gasteiger partial charge in [0, 0.05) is 6.07 Å². The van der Waals surface area contributed by atoms with Gasteiger partial charge < -0.3 is 15.4 Å². The van der Waals surface area contributed by atoms with E-state index in [4.69, 9.17) is 16.3 Å². The third-order valence-electron chi connectivity index (χ3n) is 4.04. The quantitative estimate of drug-likeness (QED) is 0.313. The molecule has 0 aromatic heterocycles. The molecular weight excluding hydrogens is 446 g/mol. The van der Waals surface area contributed by atoms with Gasteiger partial charge >= 0.3 is 5.97 Å². The molecule has 0 radical (unpaired) electrons. The van der Waals surface area contributed by atoms with Crippen molar-refractivity contribution in [2.45, 2.75) is 12.5 Å². The molecule has 2 N–H and O–H groups in total. The van der Waals surface area contributed by atoms with E-state index in [2.05, 4.69) is 10.6 Å². The first-order valence-electron chi connectivity index (χ1n) is 9.07. The summed E-state index contributed by atoms with van der Waals surface area (Å²) in [6, 6.07) is 11.0. The number of carbonyl (C=O) groups excluding carboxylic acids is 3. The van der Waals surface area contributed by atoms with Gasteiger partial charge in [0.1, 0.15) is 11.7 Å². The number of nitro benzene ring substituents is 1. The number of hydrogen-bond donors (Lipinski definition) is 2. The van der Waals surface area contributed by atoms with Gasteiger partial charge in [-0.05, 0) is 36.6 Å². The van der Waals surface area contributed by atoms with Crippen molar-refractivity contribution in [3.05, 3.63) is 69.2 Å². The summed E-state index contributed by atoms with van der Waals surface area (Å²) in [5.74, 6) is -1.53. The third kappa shape index (κ3) is 7.26. The Kier molecular flexibility index (Phi) is 9.29. The highest BCUT2D eigenvalue weighted by Crippen LogP contribution is 2.23. The first-order chi connectivity index (χ1) is 14.8. The van der Waals surface area contributed by atoms with Gasteiger partial charge in [-0.25, -0.2) is 4.79 Å². The van der Waals surface area contributed by atoms with Crippen LogP contribution in [0.1, 0.15) is 16.8 Å². The van der Waals surface area contributed by atoms with E-state index in [9.17, 15) is 24.5 Å². The van der Waals surface area contributed by atoms with Gasteiger partial charge in [0.25, 0.3) is 17.5 Å². The average molecular weight is 466 g/mol. The van der Waals surface area contributed by atoms with Crippen LogP contribution in [0.3, 0.4) is 0 Å². The number of nitrogens with zero attached hydrogens (tertiary/aromatic N) is 1. The van der Waals surface area contributed by atoms with Crippen LogP contribution >= 0.6 is 23.4 Å². The number of esters is 1. The molecule has 0 bridgehead atoms. The fourth-order valence-electron chi connectivity index (χ4n) is 2.53. The van der Waals surface area contributed by atoms with Crippen molar-refractivity contribution in [3.8, 4) is 0 Å². The minimum atomic E-state index is -0.991. The Labute approximate surface area is 187 Å². The molecule has 164 valence electrons. The van der Waals surface area contributed by atoms with Crippen molar-refractivity contribution >= 4 is 52.5 Å². The number of nitrogens with one attached hydrogen (secondary N) is 2. The second-order valence-electron chi connectivity index (χ2n) is 6.22. The zero-order valence-electron chi connectivity index (χ0n) is 16.5. The van der Waals surface area contributed by atoms with Crippen molar-refractivity contribution in [1.29, 1.82) is 0 Å². The fourth-order valence-corrected chi connectivity index (χ4v) is 3.22. The maximum atomic E-state index is 12.5. The Bertz CT molecular complexity index is 971. The highest BCUT2D eigenvalue weighted by Gasteiger charge is 2.24. The van der Waals surface area contributed by atoms with Crippen LogP contribution in [0.15, 0.2) is 48.5 Å². The van der Waals surface area contributed by atoms with E-state index in [0.717, 1.165) is 0 Å². The normalized spacial score (nSPS) is 11.3. The topological polar surface area (TPSA) is 128 Å². The summed E-state index contributed by atoms with van der Waals surface area (Å²) in [5, 5.41) is 16.2. The molecule has 9 nitrogen and oxygen atoms in total. The fraction of sp³-hybridized carbons (Fsp3) is 0.250. The summed E-state index contributed by atoms with van der Waals surface area (Å²) in [5.41, 5.74) is -0.0909. The molecule has 31 heavy (non-hydrogen) atoms. The van der Waals surface area contributed by atoms with E-state index >= 15 is 0 Å². The van der Waals surface area contributed by atoms with E-state index in [1.165, 1.54) is 42.1 Å². The molecule has 0 spiro atoms. The molecular formula is C20H20ClN3O6S. The lowest BCUT2D eigenvalue weighted by Crippen LogP contribution is -2.43. The molecule has 11 heteroatoms. The minimum Gasteiger partial charge on any atom is -0.454 e. The molecule has 2 amide bonds. The van der Waals surface area contributed by atoms with Crippen molar-refractivity contribution in [2.75, 3.05) is 23.9 Å². The average Bonchev–Trinajstić information content (AvgIpc) is 2.75. The first-order valence-corrected chi connectivity index (χ1v) is 10.8. The molecule has 2 aromatic rings. The maximum absolute atomic E-state index is 12.5. The van der Waals surface area contributed by atoms with Crippen LogP contribution in [-0.2, 0) is 14.3 Å². The van der Waals surface area contributed by atoms with Gasteiger partial charge in [-0.2, -0.15) is 11.8 Å². The molecule has 2 aromatic carbocycles. The van der Waals surface area contributed by atoms with Crippen LogP contribution in [-0.4, -0.2) is 47.4 Å². The van der Waals surface area contributed by atoms with Gasteiger partial charge in [0.2, 0.25) is 0 Å². The number of nitro groups is 1. The molecule has 0 saturated heterocycles. The lowest BCUT2D eigenvalue weighted by Gasteiger charge is -2.17. The SMILES string of the molecule is CSCCC(NC(=O)c1ccccc1Cl)C(=O)OCC(=O)Nc1ccccc1[N+](=O)[O-]. The Morgan fingerprint density at radius 2 is 1.84 bits per heavy atom. The maximum Gasteiger partial charge on any atom is 0.329 e. The van der Waals surface area contributed by atoms with Crippen LogP contribution in [0.25, 0.3) is 0 Å². The van der Waals surface area contributed by atoms with Crippen molar-refractivity contribution < 1.29 is 24.0 Å². The monoisotopic (exact) mass is 465 g/mol. The number of para-hydroxylation sites is 2. The minimum absolute atomic E-state index is 0.0143. The van der Waals surface area contributed by atoms with Crippen LogP contribution in [0.4, 0.5) is 11.4 Å². The molecule has 0 aliphatic rings. The van der Waals surface area contributed by atoms with Gasteiger partial charge in [-0.15, -0.1) is 0 Å². The number of ether oxygens (including phenoxy) is 1. The largest absolute Gasteiger partial charge is 0.454 e. The number of anilines is 1. The highest BCUT2D eigenvalue weighted by atomic mass is 35.5. The number of hydrogen-bond acceptors (Lipinski definition) is 7. The predicted octanol–water partition coefficient (Wildman–Crippen LogP) is 3.28. The zero-order chi connectivity index (χ0) is 22.8. The van der Waals surface area contributed by atoms with Crippen molar-refractivity contribution in [1.82, 2.24) is 5.32 Å². The van der Waals surface area contributed by atoms with Crippen LogP contribution in [0, 0.1) is 10.1 Å². The number of benzene rings is 2. The van der Waals surface area contributed by atoms with E-state index in [1.807, 2.05) is 6.26 Å². The van der Waals surface area contributed by atoms with Crippen molar-refractivity contribution in [3.63, 3.8) is 0 Å². The lowest BCUT2D eigenvalue weighted by molar-refractivity contribution is -0.383. The second kappa shape index (κ2) is 11.9. The Morgan fingerprint density at radius 1 is 1.16 bits per heavy atom. The molecule has 0 fully saturated rings. The summed E-state index contributed by atoms with van der Waals surface area (Å²) in [6.45, 7) is -0.664. The zero-order valence-corrected chi connectivity index (χ0v) is 18.1. The van der Waals surface area contributed by atoms with E-state index in [1.54, 1.807) is 18.2 Å². The summed E-state index contributed by atoms with van der Waals surface area (Å²) in [7, 11) is 0. The van der Waals surface area contributed by atoms with Gasteiger partial charge in [0.15, 0.2) is 6.61 Å². The summed E-state index contributed by atoms with van der Waals surface area (Å²) in [6.07, 6.45) is 2.13. The Hall–Kier alpha value is -3.11. The third-order valence-corrected chi connectivity index (χ3v) is 5.01. The van der Waals surface area contributed by atoms with E-state index in [0.29, 0.717) is 5.75 Å². The van der Waals surface area contributed by atoms with E-state index < -0.39 is 35.4 Å². The van der Waals surface area contributed by atoms with Crippen molar-refractivity contribution in [2.24, 2.45) is 0 Å². The van der Waals surface area contributed by atoms with Gasteiger partial charge in [-0.1, -0.05) is 35.9 Å². The summed E-state index contributed by atoms with van der Waals surface area (Å²) < 4.78 is 5.02. The molecule has 1 atom stereocenters. The molecule has 1 unspecified atom stereocenters. The molecule has 0 aliphatic carbocycles. The number of carbonyl (C=O) groups is 3. The smallest absolute Gasteiger partial charge is 0.329 e. The molecule has 0 heterocycles. The van der Waals surface area contributed by atoms with Gasteiger partial charge in [-0.3, -0.25) is 19.7 Å². The van der Waals surface area contributed by atoms with Crippen LogP contribution in [0.5, 0.6) is 0 Å². The number of halogens is 1. The van der Waals surface area contributed by atoms with Crippen LogP contribution in [0.2, 0.25) is 5.02 Å². The number of rotatable bonds is 10. The Morgan fingerprint density at radius 3 is 2.52 bits per heavy atom. The highest BCUT2D eigenvalue weighted by molar-refractivity contribution is 7.98. The predicted molar refractivity (Wildman–Crippen MR) is 118 cm³/mol. The number of amides is 2. The molecule has 2 rings (SSSR count). The van der Waals surface area contributed by atoms with E-state index in [-0.39, 0.29) is 28.4 Å². The molecule has 0 aliphatic heterocycles. The Balaban J connectivity index is 1.99. The summed E-state index contributed by atoms with van der Waals surface area (Å²) in [4.78, 5) is 47.4. The summed E-state index contributed by atoms with van der Waals surface area (Å²) >= 11 is 7.49. The molecule has 0 saturated carbocycles. The standard InChI is InChI=1S/C20H20ClN3O6S/c1-31-11-10-16(23-19(26)13-6-2-3-7-14(13)21)20(27)30-12-18(25)22-15-8-4-5-9-17(15)24(28)29/h2-9,16H,10-12H2,1H3,(H,22,25)(H,23,26). The number of thioether (sulfide) groups is 1. The van der Waals surface area contributed by atoms with Gasteiger partial charge in [0.05, 0.1) is 15.5 Å². The first kappa shape index (κ1) is 24.2. The lowest BCUT2D eigenvalue weighted by atomic mass is 10.1.